The van der Waals surface area contributed by atoms with Crippen molar-refractivity contribution >= 4 is 17.0 Å². The van der Waals surface area contributed by atoms with Crippen molar-refractivity contribution in [1.82, 2.24) is 24.3 Å². The number of imidazole rings is 1. The molecule has 3 aromatic heterocycles. The molecule has 0 saturated carbocycles. The first-order valence-corrected chi connectivity index (χ1v) is 8.38. The van der Waals surface area contributed by atoms with Crippen LogP contribution in [0.4, 0.5) is 5.95 Å². The Morgan fingerprint density at radius 3 is 2.80 bits per heavy atom. The Kier molecular flexibility index (Phi) is 3.93. The van der Waals surface area contributed by atoms with Crippen LogP contribution < -0.4 is 5.32 Å². The maximum atomic E-state index is 4.72. The van der Waals surface area contributed by atoms with E-state index in [4.69, 9.17) is 4.98 Å². The maximum Gasteiger partial charge on any atom is 0.204 e. The molecule has 0 fully saturated rings. The Balaban J connectivity index is 1.65. The van der Waals surface area contributed by atoms with Gasteiger partial charge in [0.15, 0.2) is 0 Å². The van der Waals surface area contributed by atoms with Gasteiger partial charge in [0, 0.05) is 49.9 Å². The topological polar surface area (TPSA) is 60.6 Å². The van der Waals surface area contributed by atoms with Gasteiger partial charge in [-0.15, -0.1) is 0 Å². The lowest BCUT2D eigenvalue weighted by Gasteiger charge is -2.08. The van der Waals surface area contributed by atoms with Gasteiger partial charge in [0.25, 0.3) is 0 Å². The van der Waals surface area contributed by atoms with Crippen molar-refractivity contribution < 1.29 is 0 Å². The molecule has 1 N–H and O–H groups in total. The average molecular weight is 332 g/mol. The highest BCUT2D eigenvalue weighted by Gasteiger charge is 2.13. The molecule has 25 heavy (non-hydrogen) atoms. The van der Waals surface area contributed by atoms with Crippen LogP contribution in [0.25, 0.3) is 22.3 Å². The number of rotatable bonds is 5. The zero-order chi connectivity index (χ0) is 17.2. The minimum Gasteiger partial charge on any atom is -0.351 e. The molecular weight excluding hydrogens is 312 g/mol. The Morgan fingerprint density at radius 1 is 1.12 bits per heavy atom. The molecule has 0 unspecified atom stereocenters. The molecule has 126 valence electrons. The largest absolute Gasteiger partial charge is 0.351 e. The third-order valence-corrected chi connectivity index (χ3v) is 4.25. The summed E-state index contributed by atoms with van der Waals surface area (Å²) in [6.07, 6.45) is 5.65. The molecule has 1 aromatic carbocycles. The van der Waals surface area contributed by atoms with Gasteiger partial charge >= 0.3 is 0 Å². The summed E-state index contributed by atoms with van der Waals surface area (Å²) < 4.78 is 4.03. The predicted molar refractivity (Wildman–Crippen MR) is 99.2 cm³/mol. The number of anilines is 1. The highest BCUT2D eigenvalue weighted by atomic mass is 15.3. The first-order chi connectivity index (χ1) is 12.3. The van der Waals surface area contributed by atoms with Crippen molar-refractivity contribution in [3.63, 3.8) is 0 Å². The Bertz CT molecular complexity index is 999. The number of nitrogens with one attached hydrogen (secondary N) is 1. The molecule has 0 bridgehead atoms. The van der Waals surface area contributed by atoms with Crippen LogP contribution in [-0.2, 0) is 20.1 Å². The quantitative estimate of drug-likeness (QED) is 0.608. The minimum atomic E-state index is 0.654. The molecule has 4 aromatic rings. The molecule has 0 amide bonds. The number of pyridine rings is 1. The number of hydrogen-bond donors (Lipinski definition) is 1. The van der Waals surface area contributed by atoms with E-state index in [2.05, 4.69) is 33.0 Å². The highest BCUT2D eigenvalue weighted by Crippen LogP contribution is 2.23. The van der Waals surface area contributed by atoms with Crippen LogP contribution in [0.15, 0.2) is 55.0 Å². The van der Waals surface area contributed by atoms with Crippen LogP contribution in [0.1, 0.15) is 12.5 Å². The fourth-order valence-electron chi connectivity index (χ4n) is 3.12. The molecule has 4 rings (SSSR count). The van der Waals surface area contributed by atoms with Gasteiger partial charge in [0.05, 0.1) is 16.7 Å². The number of aromatic nitrogens is 5. The van der Waals surface area contributed by atoms with Gasteiger partial charge in [0.1, 0.15) is 0 Å². The van der Waals surface area contributed by atoms with Gasteiger partial charge in [-0.25, -0.2) is 4.98 Å². The van der Waals surface area contributed by atoms with E-state index in [0.717, 1.165) is 40.3 Å². The van der Waals surface area contributed by atoms with Crippen molar-refractivity contribution in [1.29, 1.82) is 0 Å². The molecule has 0 atom stereocenters. The van der Waals surface area contributed by atoms with E-state index in [1.165, 1.54) is 0 Å². The normalized spacial score (nSPS) is 11.1. The van der Waals surface area contributed by atoms with E-state index in [-0.39, 0.29) is 0 Å². The molecule has 6 heteroatoms. The fourth-order valence-corrected chi connectivity index (χ4v) is 3.12. The Hall–Kier alpha value is -3.15. The van der Waals surface area contributed by atoms with Crippen LogP contribution in [0.3, 0.4) is 0 Å². The van der Waals surface area contributed by atoms with E-state index in [1.807, 2.05) is 54.5 Å². The number of aryl methyl sites for hydroxylation is 2. The number of para-hydroxylation sites is 2. The summed E-state index contributed by atoms with van der Waals surface area (Å²) in [6.45, 7) is 3.65. The van der Waals surface area contributed by atoms with E-state index in [1.54, 1.807) is 6.20 Å². The van der Waals surface area contributed by atoms with E-state index in [0.29, 0.717) is 6.54 Å². The lowest BCUT2D eigenvalue weighted by Crippen LogP contribution is -2.07. The SMILES string of the molecule is CCn1c(NCc2cn(C)nc2-c2cccnc2)nc2ccccc21. The molecule has 6 nitrogen and oxygen atoms in total. The fraction of sp³-hybridized carbons (Fsp3) is 0.211. The maximum absolute atomic E-state index is 4.72. The highest BCUT2D eigenvalue weighted by molar-refractivity contribution is 5.78. The average Bonchev–Trinajstić information content (AvgIpc) is 3.20. The van der Waals surface area contributed by atoms with E-state index in [9.17, 15) is 0 Å². The molecule has 0 aliphatic carbocycles. The predicted octanol–water partition coefficient (Wildman–Crippen LogP) is 3.46. The number of nitrogens with zero attached hydrogens (tertiary/aromatic N) is 5. The summed E-state index contributed by atoms with van der Waals surface area (Å²) in [7, 11) is 1.94. The van der Waals surface area contributed by atoms with Gasteiger partial charge in [-0.2, -0.15) is 5.10 Å². The van der Waals surface area contributed by atoms with Gasteiger partial charge in [-0.3, -0.25) is 9.67 Å². The van der Waals surface area contributed by atoms with Crippen LogP contribution in [0, 0.1) is 0 Å². The Morgan fingerprint density at radius 2 is 2.00 bits per heavy atom. The second-order valence-corrected chi connectivity index (χ2v) is 5.94. The molecule has 0 radical (unpaired) electrons. The van der Waals surface area contributed by atoms with E-state index < -0.39 is 0 Å². The second kappa shape index (κ2) is 6.39. The minimum absolute atomic E-state index is 0.654. The third kappa shape index (κ3) is 2.87. The lowest BCUT2D eigenvalue weighted by molar-refractivity contribution is 0.769. The van der Waals surface area contributed by atoms with Crippen molar-refractivity contribution in [3.8, 4) is 11.3 Å². The number of fused-ring (bicyclic) bond motifs is 1. The summed E-state index contributed by atoms with van der Waals surface area (Å²) >= 11 is 0. The standard InChI is InChI=1S/C19H20N6/c1-3-25-17-9-5-4-8-16(17)22-19(25)21-12-15-13-24(2)23-18(15)14-7-6-10-20-11-14/h4-11,13H,3,12H2,1-2H3,(H,21,22). The molecular formula is C19H20N6. The van der Waals surface area contributed by atoms with E-state index >= 15 is 0 Å². The summed E-state index contributed by atoms with van der Waals surface area (Å²) in [6, 6.07) is 12.2. The molecule has 3 heterocycles. The third-order valence-electron chi connectivity index (χ3n) is 4.25. The molecule has 0 spiro atoms. The summed E-state index contributed by atoms with van der Waals surface area (Å²) in [5.41, 5.74) is 5.23. The first kappa shape index (κ1) is 15.4. The van der Waals surface area contributed by atoms with Crippen molar-refractivity contribution in [3.05, 3.63) is 60.6 Å². The summed E-state index contributed by atoms with van der Waals surface area (Å²) in [5.74, 6) is 0.879. The molecule has 0 saturated heterocycles. The smallest absolute Gasteiger partial charge is 0.204 e. The van der Waals surface area contributed by atoms with Crippen LogP contribution in [0.2, 0.25) is 0 Å². The van der Waals surface area contributed by atoms with Crippen molar-refractivity contribution in [2.75, 3.05) is 5.32 Å². The van der Waals surface area contributed by atoms with Crippen molar-refractivity contribution in [2.24, 2.45) is 7.05 Å². The van der Waals surface area contributed by atoms with Gasteiger partial charge in [-0.05, 0) is 31.2 Å². The van der Waals surface area contributed by atoms with Gasteiger partial charge in [-0.1, -0.05) is 12.1 Å². The van der Waals surface area contributed by atoms with Crippen LogP contribution in [0.5, 0.6) is 0 Å². The number of benzene rings is 1. The summed E-state index contributed by atoms with van der Waals surface area (Å²) in [4.78, 5) is 8.92. The van der Waals surface area contributed by atoms with Crippen molar-refractivity contribution in [2.45, 2.75) is 20.0 Å². The van der Waals surface area contributed by atoms with Gasteiger partial charge < -0.3 is 9.88 Å². The van der Waals surface area contributed by atoms with Crippen LogP contribution in [-0.4, -0.2) is 24.3 Å². The second-order valence-electron chi connectivity index (χ2n) is 5.94. The number of hydrogen-bond acceptors (Lipinski definition) is 4. The lowest BCUT2D eigenvalue weighted by atomic mass is 10.1. The monoisotopic (exact) mass is 332 g/mol. The zero-order valence-corrected chi connectivity index (χ0v) is 14.3. The molecule has 0 aliphatic heterocycles. The first-order valence-electron chi connectivity index (χ1n) is 8.38. The van der Waals surface area contributed by atoms with Gasteiger partial charge in [0.2, 0.25) is 5.95 Å². The Labute approximate surface area is 146 Å². The summed E-state index contributed by atoms with van der Waals surface area (Å²) in [5, 5.41) is 8.06. The zero-order valence-electron chi connectivity index (χ0n) is 14.3. The molecule has 0 aliphatic rings. The van der Waals surface area contributed by atoms with Crippen LogP contribution >= 0.6 is 0 Å².